The Balaban J connectivity index is 1.33. The van der Waals surface area contributed by atoms with Gasteiger partial charge in [0.05, 0.1) is 28.3 Å². The Kier molecular flexibility index (Phi) is 4.74. The lowest BCUT2D eigenvalue weighted by Gasteiger charge is -2.32. The number of hydrogen-bond acceptors (Lipinski definition) is 6. The largest absolute Gasteiger partial charge is 0.463 e. The molecule has 0 aliphatic carbocycles. The van der Waals surface area contributed by atoms with Gasteiger partial charge in [-0.3, -0.25) is 4.98 Å². The average Bonchev–Trinajstić information content (AvgIpc) is 2.68. The molecule has 0 N–H and O–H groups in total. The summed E-state index contributed by atoms with van der Waals surface area (Å²) in [6.07, 6.45) is 7.39. The van der Waals surface area contributed by atoms with E-state index < -0.39 is 0 Å². The first-order valence-corrected chi connectivity index (χ1v) is 9.14. The molecule has 6 nitrogen and oxygen atoms in total. The first-order valence-electron chi connectivity index (χ1n) is 8.35. The highest BCUT2D eigenvalue weighted by Gasteiger charge is 2.21. The molecule has 1 aliphatic heterocycles. The molecule has 1 fully saturated rings. The molecule has 0 radical (unpaired) electrons. The molecule has 3 heterocycles. The van der Waals surface area contributed by atoms with Gasteiger partial charge in [-0.05, 0) is 46.8 Å². The van der Waals surface area contributed by atoms with Crippen LogP contribution in [0.4, 0.5) is 5.82 Å². The van der Waals surface area contributed by atoms with Crippen molar-refractivity contribution in [2.75, 3.05) is 24.6 Å². The maximum atomic E-state index is 5.71. The fraction of sp³-hybridized carbons (Fsp3) is 0.333. The van der Waals surface area contributed by atoms with Crippen LogP contribution in [0.3, 0.4) is 0 Å². The van der Waals surface area contributed by atoms with Crippen LogP contribution in [0.2, 0.25) is 0 Å². The zero-order valence-electron chi connectivity index (χ0n) is 13.7. The number of ether oxygens (including phenoxy) is 1. The highest BCUT2D eigenvalue weighted by Crippen LogP contribution is 2.23. The Morgan fingerprint density at radius 3 is 2.48 bits per heavy atom. The first-order chi connectivity index (χ1) is 12.3. The predicted octanol–water partition coefficient (Wildman–Crippen LogP) is 3.48. The van der Waals surface area contributed by atoms with E-state index in [0.29, 0.717) is 18.5 Å². The fourth-order valence-corrected chi connectivity index (χ4v) is 3.20. The number of hydrogen-bond donors (Lipinski definition) is 0. The third-order valence-corrected chi connectivity index (χ3v) is 4.83. The summed E-state index contributed by atoms with van der Waals surface area (Å²) in [5.74, 6) is 1.46. The quantitative estimate of drug-likeness (QED) is 0.668. The van der Waals surface area contributed by atoms with Crippen LogP contribution in [0.25, 0.3) is 11.0 Å². The van der Waals surface area contributed by atoms with Crippen molar-refractivity contribution in [1.29, 1.82) is 0 Å². The van der Waals surface area contributed by atoms with Crippen molar-refractivity contribution in [2.24, 2.45) is 5.92 Å². The Labute approximate surface area is 154 Å². The summed E-state index contributed by atoms with van der Waals surface area (Å²) in [5.41, 5.74) is 1.88. The molecule has 1 aromatic carbocycles. The van der Waals surface area contributed by atoms with Gasteiger partial charge in [-0.15, -0.1) is 0 Å². The number of halogens is 1. The molecular formula is C18H18BrN5O. The minimum atomic E-state index is 0.436. The highest BCUT2D eigenvalue weighted by molar-refractivity contribution is 9.10. The summed E-state index contributed by atoms with van der Waals surface area (Å²) in [6.45, 7) is 2.57. The molecule has 2 aromatic heterocycles. The molecule has 0 bridgehead atoms. The van der Waals surface area contributed by atoms with Gasteiger partial charge in [-0.2, -0.15) is 0 Å². The second-order valence-corrected chi connectivity index (χ2v) is 7.06. The number of aromatic nitrogens is 4. The van der Waals surface area contributed by atoms with Gasteiger partial charge in [0.15, 0.2) is 0 Å². The summed E-state index contributed by atoms with van der Waals surface area (Å²) in [7, 11) is 0. The van der Waals surface area contributed by atoms with Crippen LogP contribution >= 0.6 is 15.9 Å². The molecule has 7 heteroatoms. The third kappa shape index (κ3) is 3.87. The van der Waals surface area contributed by atoms with Crippen molar-refractivity contribution in [1.82, 2.24) is 19.9 Å². The molecule has 0 saturated carbocycles. The molecular weight excluding hydrogens is 382 g/mol. The fourth-order valence-electron chi connectivity index (χ4n) is 3.00. The number of benzene rings is 1. The van der Waals surface area contributed by atoms with Crippen LogP contribution in [0.5, 0.6) is 6.01 Å². The predicted molar refractivity (Wildman–Crippen MR) is 99.7 cm³/mol. The lowest BCUT2D eigenvalue weighted by molar-refractivity contribution is 0.208. The monoisotopic (exact) mass is 399 g/mol. The number of fused-ring (bicyclic) bond motifs is 1. The van der Waals surface area contributed by atoms with Gasteiger partial charge in [0.2, 0.25) is 0 Å². The van der Waals surface area contributed by atoms with E-state index >= 15 is 0 Å². The van der Waals surface area contributed by atoms with Gasteiger partial charge in [-0.25, -0.2) is 15.0 Å². The van der Waals surface area contributed by atoms with Crippen LogP contribution in [0.15, 0.2) is 47.3 Å². The van der Waals surface area contributed by atoms with Crippen LogP contribution in [-0.2, 0) is 0 Å². The van der Waals surface area contributed by atoms with Gasteiger partial charge >= 0.3 is 6.01 Å². The molecule has 0 amide bonds. The van der Waals surface area contributed by atoms with Crippen molar-refractivity contribution < 1.29 is 4.74 Å². The number of anilines is 1. The summed E-state index contributed by atoms with van der Waals surface area (Å²) >= 11 is 3.32. The van der Waals surface area contributed by atoms with E-state index in [0.717, 1.165) is 47.3 Å². The van der Waals surface area contributed by atoms with E-state index in [1.165, 1.54) is 0 Å². The third-order valence-electron chi connectivity index (χ3n) is 4.42. The van der Waals surface area contributed by atoms with Gasteiger partial charge in [-0.1, -0.05) is 12.1 Å². The molecule has 0 spiro atoms. The summed E-state index contributed by atoms with van der Waals surface area (Å²) in [5, 5.41) is 0. The topological polar surface area (TPSA) is 64.0 Å². The van der Waals surface area contributed by atoms with Crippen molar-refractivity contribution in [3.63, 3.8) is 0 Å². The number of rotatable bonds is 4. The molecule has 0 atom stereocenters. The second-order valence-electron chi connectivity index (χ2n) is 6.14. The molecule has 128 valence electrons. The molecule has 0 unspecified atom stereocenters. The van der Waals surface area contributed by atoms with Crippen molar-refractivity contribution in [2.45, 2.75) is 12.8 Å². The van der Waals surface area contributed by atoms with Crippen molar-refractivity contribution >= 4 is 32.8 Å². The average molecular weight is 400 g/mol. The normalized spacial score (nSPS) is 15.5. The second kappa shape index (κ2) is 7.31. The van der Waals surface area contributed by atoms with Crippen LogP contribution in [0.1, 0.15) is 12.8 Å². The lowest BCUT2D eigenvalue weighted by atomic mass is 9.98. The van der Waals surface area contributed by atoms with Crippen LogP contribution < -0.4 is 9.64 Å². The van der Waals surface area contributed by atoms with Crippen molar-refractivity contribution in [3.8, 4) is 6.01 Å². The van der Waals surface area contributed by atoms with E-state index in [9.17, 15) is 0 Å². The SMILES string of the molecule is Brc1cnc(OCC2CCN(c3cnc4ccccc4n3)CC2)nc1. The molecule has 1 saturated heterocycles. The maximum Gasteiger partial charge on any atom is 0.316 e. The van der Waals surface area contributed by atoms with E-state index in [2.05, 4.69) is 35.8 Å². The maximum absolute atomic E-state index is 5.71. The van der Waals surface area contributed by atoms with Crippen LogP contribution in [-0.4, -0.2) is 39.6 Å². The van der Waals surface area contributed by atoms with Gasteiger partial charge in [0, 0.05) is 25.5 Å². The Hall–Kier alpha value is -2.28. The zero-order valence-corrected chi connectivity index (χ0v) is 15.3. The number of nitrogens with zero attached hydrogens (tertiary/aromatic N) is 5. The highest BCUT2D eigenvalue weighted by atomic mass is 79.9. The standard InChI is InChI=1S/C18H18BrN5O/c19-14-9-21-18(22-10-14)25-12-13-5-7-24(8-6-13)17-11-20-15-3-1-2-4-16(15)23-17/h1-4,9-11,13H,5-8,12H2. The van der Waals surface area contributed by atoms with E-state index in [1.807, 2.05) is 30.5 Å². The van der Waals surface area contributed by atoms with Crippen LogP contribution in [0, 0.1) is 5.92 Å². The first kappa shape index (κ1) is 16.2. The Bertz CT molecular complexity index is 849. The van der Waals surface area contributed by atoms with E-state index in [1.54, 1.807) is 12.4 Å². The molecule has 3 aromatic rings. The minimum absolute atomic E-state index is 0.436. The van der Waals surface area contributed by atoms with E-state index in [-0.39, 0.29) is 0 Å². The van der Waals surface area contributed by atoms with E-state index in [4.69, 9.17) is 9.72 Å². The lowest BCUT2D eigenvalue weighted by Crippen LogP contribution is -2.36. The van der Waals surface area contributed by atoms with Gasteiger partial charge < -0.3 is 9.64 Å². The summed E-state index contributed by atoms with van der Waals surface area (Å²) in [6, 6.07) is 8.40. The van der Waals surface area contributed by atoms with Crippen molar-refractivity contribution in [3.05, 3.63) is 47.3 Å². The zero-order chi connectivity index (χ0) is 17.1. The smallest absolute Gasteiger partial charge is 0.316 e. The van der Waals surface area contributed by atoms with Gasteiger partial charge in [0.25, 0.3) is 0 Å². The van der Waals surface area contributed by atoms with Gasteiger partial charge in [0.1, 0.15) is 5.82 Å². The molecule has 4 rings (SSSR count). The Morgan fingerprint density at radius 1 is 1.00 bits per heavy atom. The minimum Gasteiger partial charge on any atom is -0.463 e. The molecule has 25 heavy (non-hydrogen) atoms. The number of para-hydroxylation sites is 2. The number of piperidine rings is 1. The summed E-state index contributed by atoms with van der Waals surface area (Å²) in [4.78, 5) is 19.8. The summed E-state index contributed by atoms with van der Waals surface area (Å²) < 4.78 is 6.56. The molecule has 1 aliphatic rings. The Morgan fingerprint density at radius 2 is 1.72 bits per heavy atom.